The smallest absolute Gasteiger partial charge is 0.179 e. The molecule has 0 saturated heterocycles. The fraction of sp³-hybridized carbons (Fsp3) is 0. The first-order valence-electron chi connectivity index (χ1n) is 22.4. The van der Waals surface area contributed by atoms with Crippen LogP contribution in [0.2, 0.25) is 0 Å². The van der Waals surface area contributed by atoms with Gasteiger partial charge in [-0.2, -0.15) is 0 Å². The van der Waals surface area contributed by atoms with E-state index in [2.05, 4.69) is 276 Å². The molecule has 1 aromatic heterocycles. The summed E-state index contributed by atoms with van der Waals surface area (Å²) in [5.74, 6) is 0. The van der Waals surface area contributed by atoms with Crippen molar-refractivity contribution in [2.75, 3.05) is 4.90 Å². The van der Waals surface area contributed by atoms with Crippen molar-refractivity contribution in [3.8, 4) is 16.8 Å². The number of hydrogen-bond acceptors (Lipinski definition) is 1. The molecule has 0 unspecified atom stereocenters. The van der Waals surface area contributed by atoms with E-state index in [0.717, 1.165) is 22.7 Å². The Bertz CT molecular complexity index is 3530. The quantitative estimate of drug-likeness (QED) is 0.104. The summed E-state index contributed by atoms with van der Waals surface area (Å²) in [6, 6.07) is 98.5. The fourth-order valence-corrected chi connectivity index (χ4v) is 15.2. The third-order valence-electron chi connectivity index (χ3n) is 13.3. The molecule has 0 N–H and O–H groups in total. The second-order valence-electron chi connectivity index (χ2n) is 16.9. The van der Waals surface area contributed by atoms with Crippen molar-refractivity contribution in [2.45, 2.75) is 0 Å². The Hall–Kier alpha value is -8.24. The number of rotatable bonds is 9. The van der Waals surface area contributed by atoms with E-state index in [-0.39, 0.29) is 0 Å². The third-order valence-corrected chi connectivity index (χ3v) is 18.1. The van der Waals surface area contributed by atoms with E-state index in [4.69, 9.17) is 0 Å². The van der Waals surface area contributed by atoms with E-state index in [0.29, 0.717) is 0 Å². The van der Waals surface area contributed by atoms with Gasteiger partial charge in [0, 0.05) is 38.9 Å². The predicted octanol–water partition coefficient (Wildman–Crippen LogP) is 13.6. The van der Waals surface area contributed by atoms with E-state index in [1.54, 1.807) is 0 Å². The van der Waals surface area contributed by atoms with Gasteiger partial charge in [0.2, 0.25) is 0 Å². The Morgan fingerprint density at radius 2 is 0.800 bits per heavy atom. The summed E-state index contributed by atoms with van der Waals surface area (Å²) in [6.45, 7) is 0. The molecule has 0 amide bonds. The summed E-state index contributed by atoms with van der Waals surface area (Å²) >= 11 is 0. The highest BCUT2D eigenvalue weighted by atomic mass is 28.3. The van der Waals surface area contributed by atoms with Crippen molar-refractivity contribution in [1.82, 2.24) is 4.57 Å². The Labute approximate surface area is 380 Å². The number of hydrogen-bond donors (Lipinski definition) is 0. The van der Waals surface area contributed by atoms with E-state index < -0.39 is 8.07 Å². The van der Waals surface area contributed by atoms with Gasteiger partial charge in [0.05, 0.1) is 11.0 Å². The minimum atomic E-state index is -2.81. The monoisotopic (exact) mass is 844 g/mol. The molecule has 2 nitrogen and oxygen atoms in total. The number of aromatic nitrogens is 1. The molecule has 1 heterocycles. The van der Waals surface area contributed by atoms with Crippen molar-refractivity contribution >= 4 is 89.2 Å². The summed E-state index contributed by atoms with van der Waals surface area (Å²) in [5, 5.41) is 12.9. The summed E-state index contributed by atoms with van der Waals surface area (Å²) in [5.41, 5.74) is 9.26. The van der Waals surface area contributed by atoms with Crippen LogP contribution in [-0.4, -0.2) is 12.6 Å². The zero-order valence-electron chi connectivity index (χ0n) is 35.8. The molecule has 65 heavy (non-hydrogen) atoms. The first kappa shape index (κ1) is 38.4. The van der Waals surface area contributed by atoms with Gasteiger partial charge in [-0.3, -0.25) is 0 Å². The molecule has 12 rings (SSSR count). The zero-order chi connectivity index (χ0) is 43.2. The van der Waals surface area contributed by atoms with E-state index >= 15 is 0 Å². The van der Waals surface area contributed by atoms with Crippen molar-refractivity contribution in [2.24, 2.45) is 0 Å². The highest BCUT2D eigenvalue weighted by molar-refractivity contribution is 7.19. The van der Waals surface area contributed by atoms with Crippen molar-refractivity contribution in [1.29, 1.82) is 0 Å². The van der Waals surface area contributed by atoms with Crippen LogP contribution in [-0.2, 0) is 0 Å². The Morgan fingerprint density at radius 1 is 0.308 bits per heavy atom. The SMILES string of the molecule is c1ccc([Si](c2ccccc2)(c2ccccc2)c2cccc(N(c3ccc(-c4cccc5ccccc45)cc3)c3ccc(-n4c5ccccc5c5ccc6ccccc6c54)cc3)c2)cc1. The number of nitrogens with zero attached hydrogens (tertiary/aromatic N) is 2. The van der Waals surface area contributed by atoms with Crippen LogP contribution in [0.1, 0.15) is 0 Å². The van der Waals surface area contributed by atoms with Crippen LogP contribution >= 0.6 is 0 Å². The van der Waals surface area contributed by atoms with Crippen LogP contribution < -0.4 is 25.6 Å². The molecule has 0 fully saturated rings. The zero-order valence-corrected chi connectivity index (χ0v) is 36.8. The van der Waals surface area contributed by atoms with Crippen LogP contribution in [0.5, 0.6) is 0 Å². The van der Waals surface area contributed by atoms with Crippen LogP contribution in [0.4, 0.5) is 17.1 Å². The molecule has 0 aliphatic heterocycles. The fourth-order valence-electron chi connectivity index (χ4n) is 10.4. The Morgan fingerprint density at radius 3 is 1.45 bits per heavy atom. The molecule has 0 saturated carbocycles. The molecular weight excluding hydrogens is 801 g/mol. The van der Waals surface area contributed by atoms with Gasteiger partial charge in [-0.1, -0.05) is 212 Å². The first-order chi connectivity index (χ1) is 32.3. The topological polar surface area (TPSA) is 8.17 Å². The minimum Gasteiger partial charge on any atom is -0.311 e. The summed E-state index contributed by atoms with van der Waals surface area (Å²) < 4.78 is 2.44. The van der Waals surface area contributed by atoms with Crippen LogP contribution in [0.25, 0.3) is 60.2 Å². The van der Waals surface area contributed by atoms with Crippen molar-refractivity contribution in [3.05, 3.63) is 267 Å². The van der Waals surface area contributed by atoms with Gasteiger partial charge in [0.15, 0.2) is 8.07 Å². The minimum absolute atomic E-state index is 1.08. The normalized spacial score (nSPS) is 11.7. The number of para-hydroxylation sites is 1. The lowest BCUT2D eigenvalue weighted by Crippen LogP contribution is -2.74. The number of benzene rings is 11. The van der Waals surface area contributed by atoms with Crippen molar-refractivity contribution < 1.29 is 0 Å². The summed E-state index contributed by atoms with van der Waals surface area (Å²) in [4.78, 5) is 2.43. The highest BCUT2D eigenvalue weighted by Crippen LogP contribution is 2.40. The molecule has 0 aliphatic carbocycles. The maximum atomic E-state index is 2.46. The molecule has 3 heteroatoms. The third kappa shape index (κ3) is 6.47. The maximum Gasteiger partial charge on any atom is 0.179 e. The molecule has 306 valence electrons. The molecule has 12 aromatic rings. The van der Waals surface area contributed by atoms with Gasteiger partial charge < -0.3 is 9.47 Å². The molecule has 0 bridgehead atoms. The maximum absolute atomic E-state index is 2.81. The molecule has 0 spiro atoms. The van der Waals surface area contributed by atoms with Gasteiger partial charge in [-0.25, -0.2) is 0 Å². The number of fused-ring (bicyclic) bond motifs is 6. The van der Waals surface area contributed by atoms with Gasteiger partial charge in [0.25, 0.3) is 0 Å². The van der Waals surface area contributed by atoms with Gasteiger partial charge in [-0.15, -0.1) is 0 Å². The lowest BCUT2D eigenvalue weighted by Gasteiger charge is -2.35. The molecule has 0 atom stereocenters. The van der Waals surface area contributed by atoms with E-state index in [1.165, 1.54) is 75.2 Å². The average molecular weight is 845 g/mol. The lowest BCUT2D eigenvalue weighted by molar-refractivity contribution is 1.18. The van der Waals surface area contributed by atoms with Crippen LogP contribution in [0, 0.1) is 0 Å². The first-order valence-corrected chi connectivity index (χ1v) is 24.4. The molecule has 0 radical (unpaired) electrons. The summed E-state index contributed by atoms with van der Waals surface area (Å²) in [7, 11) is -2.81. The lowest BCUT2D eigenvalue weighted by atomic mass is 9.98. The van der Waals surface area contributed by atoms with Gasteiger partial charge in [0.1, 0.15) is 0 Å². The van der Waals surface area contributed by atoms with Gasteiger partial charge >= 0.3 is 0 Å². The van der Waals surface area contributed by atoms with E-state index in [1.807, 2.05) is 0 Å². The van der Waals surface area contributed by atoms with Crippen LogP contribution in [0.3, 0.4) is 0 Å². The van der Waals surface area contributed by atoms with Crippen LogP contribution in [0.15, 0.2) is 267 Å². The molecule has 11 aromatic carbocycles. The molecular formula is C62H44N2Si. The second-order valence-corrected chi connectivity index (χ2v) is 20.7. The number of anilines is 3. The average Bonchev–Trinajstić information content (AvgIpc) is 3.73. The van der Waals surface area contributed by atoms with E-state index in [9.17, 15) is 0 Å². The van der Waals surface area contributed by atoms with Gasteiger partial charge in [-0.05, 0) is 103 Å². The Balaban J connectivity index is 1.06. The van der Waals surface area contributed by atoms with Crippen molar-refractivity contribution in [3.63, 3.8) is 0 Å². The summed E-state index contributed by atoms with van der Waals surface area (Å²) in [6.07, 6.45) is 0. The Kier molecular flexibility index (Phi) is 9.55. The predicted molar refractivity (Wildman–Crippen MR) is 280 cm³/mol. The highest BCUT2D eigenvalue weighted by Gasteiger charge is 2.41. The largest absolute Gasteiger partial charge is 0.311 e. The second kappa shape index (κ2) is 16.1. The standard InChI is InChI=1S/C62H44N2Si/c1-4-22-52(23-5-1)65(53-24-6-2-7-25-53,54-26-8-3-9-27-54)55-28-17-21-51(44-55)63(48-37-34-47(35-38-48)57-32-16-20-45-18-10-12-29-56(45)57)49-39-41-50(42-40-49)64-61-33-15-14-31-59(61)60-43-36-46-19-11-13-30-58(46)62(60)64/h1-44H. The molecule has 0 aliphatic rings.